The second-order valence-electron chi connectivity index (χ2n) is 3.58. The highest BCUT2D eigenvalue weighted by molar-refractivity contribution is 5.93. The Bertz CT molecular complexity index is 516. The van der Waals surface area contributed by atoms with Gasteiger partial charge in [-0.1, -0.05) is 5.16 Å². The van der Waals surface area contributed by atoms with Crippen molar-refractivity contribution in [3.05, 3.63) is 29.7 Å². The lowest BCUT2D eigenvalue weighted by atomic mass is 10.3. The quantitative estimate of drug-likeness (QED) is 0.704. The van der Waals surface area contributed by atoms with E-state index in [1.165, 1.54) is 0 Å². The van der Waals surface area contributed by atoms with Gasteiger partial charge in [-0.05, 0) is 6.07 Å². The molecule has 7 heteroatoms. The van der Waals surface area contributed by atoms with Crippen LogP contribution in [0.3, 0.4) is 0 Å². The van der Waals surface area contributed by atoms with Crippen molar-refractivity contribution in [3.63, 3.8) is 0 Å². The third-order valence-corrected chi connectivity index (χ3v) is 2.15. The Morgan fingerprint density at radius 3 is 3.06 bits per heavy atom. The summed E-state index contributed by atoms with van der Waals surface area (Å²) in [5, 5.41) is 6.45. The summed E-state index contributed by atoms with van der Waals surface area (Å²) < 4.78 is 4.81. The summed E-state index contributed by atoms with van der Waals surface area (Å²) in [5.41, 5.74) is 6.46. The zero-order valence-corrected chi connectivity index (χ0v) is 9.36. The minimum atomic E-state index is -0.207. The molecule has 0 saturated carbocycles. The molecule has 0 aliphatic rings. The van der Waals surface area contributed by atoms with Gasteiger partial charge in [0.05, 0.1) is 0 Å². The van der Waals surface area contributed by atoms with Gasteiger partial charge in [-0.25, -0.2) is 0 Å². The largest absolute Gasteiger partial charge is 0.397 e. The van der Waals surface area contributed by atoms with Crippen molar-refractivity contribution in [3.8, 4) is 0 Å². The first-order valence-corrected chi connectivity index (χ1v) is 5.16. The van der Waals surface area contributed by atoms with Crippen LogP contribution in [0.15, 0.2) is 16.8 Å². The van der Waals surface area contributed by atoms with E-state index in [1.54, 1.807) is 19.2 Å². The van der Waals surface area contributed by atoms with Crippen LogP contribution in [-0.2, 0) is 6.42 Å². The van der Waals surface area contributed by atoms with Crippen molar-refractivity contribution in [2.45, 2.75) is 13.3 Å². The molecule has 2 aromatic rings. The lowest BCUT2D eigenvalue weighted by Crippen LogP contribution is -2.26. The van der Waals surface area contributed by atoms with E-state index in [9.17, 15) is 4.79 Å². The van der Waals surface area contributed by atoms with Crippen molar-refractivity contribution in [2.75, 3.05) is 12.3 Å². The van der Waals surface area contributed by atoms with E-state index in [1.807, 2.05) is 0 Å². The van der Waals surface area contributed by atoms with Crippen molar-refractivity contribution < 1.29 is 9.32 Å². The van der Waals surface area contributed by atoms with E-state index in [2.05, 4.69) is 20.4 Å². The van der Waals surface area contributed by atoms with Crippen molar-refractivity contribution in [1.82, 2.24) is 20.4 Å². The number of carbonyl (C=O) groups is 1. The number of nitrogens with zero attached hydrogens (tertiary/aromatic N) is 2. The minimum absolute atomic E-state index is 0.207. The van der Waals surface area contributed by atoms with Gasteiger partial charge in [0.2, 0.25) is 5.89 Å². The summed E-state index contributed by atoms with van der Waals surface area (Å²) in [5.74, 6) is 0.888. The number of aryl methyl sites for hydroxylation is 1. The van der Waals surface area contributed by atoms with Gasteiger partial charge in [-0.3, -0.25) is 4.79 Å². The first kappa shape index (κ1) is 11.2. The van der Waals surface area contributed by atoms with Crippen LogP contribution >= 0.6 is 0 Å². The number of hydrogen-bond acceptors (Lipinski definition) is 5. The number of carbonyl (C=O) groups excluding carboxylic acids is 1. The van der Waals surface area contributed by atoms with Gasteiger partial charge in [0.25, 0.3) is 5.91 Å². The Morgan fingerprint density at radius 1 is 1.65 bits per heavy atom. The monoisotopic (exact) mass is 235 g/mol. The highest BCUT2D eigenvalue weighted by Gasteiger charge is 2.08. The van der Waals surface area contributed by atoms with Gasteiger partial charge in [-0.15, -0.1) is 0 Å². The average Bonchev–Trinajstić information content (AvgIpc) is 2.88. The number of aromatic amines is 1. The summed E-state index contributed by atoms with van der Waals surface area (Å²) in [4.78, 5) is 18.4. The third-order valence-electron chi connectivity index (χ3n) is 2.15. The molecule has 90 valence electrons. The van der Waals surface area contributed by atoms with Crippen LogP contribution in [0.4, 0.5) is 5.69 Å². The Balaban J connectivity index is 1.81. The molecule has 0 saturated heterocycles. The molecule has 0 unspecified atom stereocenters. The zero-order chi connectivity index (χ0) is 12.3. The van der Waals surface area contributed by atoms with E-state index in [0.29, 0.717) is 36.1 Å². The number of amides is 1. The third kappa shape index (κ3) is 2.83. The lowest BCUT2D eigenvalue weighted by Gasteiger charge is -2.00. The predicted octanol–water partition coefficient (Wildman–Crippen LogP) is 0.261. The molecule has 2 aromatic heterocycles. The molecule has 0 aliphatic heterocycles. The molecule has 0 aliphatic carbocycles. The summed E-state index contributed by atoms with van der Waals surface area (Å²) >= 11 is 0. The topological polar surface area (TPSA) is 110 Å². The second-order valence-corrected chi connectivity index (χ2v) is 3.58. The number of H-pyrrole nitrogens is 1. The summed E-state index contributed by atoms with van der Waals surface area (Å²) in [6, 6.07) is 1.58. The van der Waals surface area contributed by atoms with E-state index in [0.717, 1.165) is 0 Å². The molecule has 2 heterocycles. The Morgan fingerprint density at radius 2 is 2.47 bits per heavy atom. The van der Waals surface area contributed by atoms with Gasteiger partial charge in [-0.2, -0.15) is 4.98 Å². The Labute approximate surface area is 97.4 Å². The number of nitrogens with two attached hydrogens (primary N) is 1. The van der Waals surface area contributed by atoms with Crippen LogP contribution in [0.1, 0.15) is 22.2 Å². The number of anilines is 1. The fraction of sp³-hybridized carbons (Fsp3) is 0.300. The first-order valence-electron chi connectivity index (χ1n) is 5.16. The van der Waals surface area contributed by atoms with Crippen LogP contribution < -0.4 is 11.1 Å². The lowest BCUT2D eigenvalue weighted by molar-refractivity contribution is 0.0949. The Hall–Kier alpha value is -2.31. The maximum atomic E-state index is 11.6. The molecular formula is C10H13N5O2. The van der Waals surface area contributed by atoms with E-state index < -0.39 is 0 Å². The maximum Gasteiger partial charge on any atom is 0.267 e. The molecule has 0 aromatic carbocycles. The number of nitrogens with one attached hydrogen (secondary N) is 2. The smallest absolute Gasteiger partial charge is 0.267 e. The molecule has 0 fully saturated rings. The van der Waals surface area contributed by atoms with Crippen LogP contribution in [0.5, 0.6) is 0 Å². The van der Waals surface area contributed by atoms with E-state index in [4.69, 9.17) is 10.3 Å². The molecule has 17 heavy (non-hydrogen) atoms. The van der Waals surface area contributed by atoms with E-state index >= 15 is 0 Å². The highest BCUT2D eigenvalue weighted by atomic mass is 16.5. The van der Waals surface area contributed by atoms with E-state index in [-0.39, 0.29) is 5.91 Å². The van der Waals surface area contributed by atoms with Gasteiger partial charge in [0, 0.05) is 31.8 Å². The molecule has 0 radical (unpaired) electrons. The standard InChI is InChI=1S/C10H13N5O2/c1-6-14-9(15-17-6)2-3-12-10(16)8-4-7(11)5-13-8/h4-5,13H,2-3,11H2,1H3,(H,12,16). The predicted molar refractivity (Wildman–Crippen MR) is 60.3 cm³/mol. The van der Waals surface area contributed by atoms with Gasteiger partial charge in [0.15, 0.2) is 5.82 Å². The van der Waals surface area contributed by atoms with Gasteiger partial charge < -0.3 is 20.6 Å². The van der Waals surface area contributed by atoms with Gasteiger partial charge in [0.1, 0.15) is 5.69 Å². The summed E-state index contributed by atoms with van der Waals surface area (Å²) in [6.07, 6.45) is 2.09. The molecule has 0 bridgehead atoms. The van der Waals surface area contributed by atoms with Gasteiger partial charge >= 0.3 is 0 Å². The molecule has 4 N–H and O–H groups in total. The number of hydrogen-bond donors (Lipinski definition) is 3. The minimum Gasteiger partial charge on any atom is -0.397 e. The number of aromatic nitrogens is 3. The maximum absolute atomic E-state index is 11.6. The molecular weight excluding hydrogens is 222 g/mol. The molecule has 0 atom stereocenters. The van der Waals surface area contributed by atoms with Crippen LogP contribution in [-0.4, -0.2) is 27.6 Å². The second kappa shape index (κ2) is 4.69. The van der Waals surface area contributed by atoms with Crippen molar-refractivity contribution >= 4 is 11.6 Å². The Kier molecular flexibility index (Phi) is 3.08. The fourth-order valence-corrected chi connectivity index (χ4v) is 1.37. The normalized spacial score (nSPS) is 10.4. The zero-order valence-electron chi connectivity index (χ0n) is 9.36. The van der Waals surface area contributed by atoms with Crippen LogP contribution in [0, 0.1) is 6.92 Å². The molecule has 1 amide bonds. The molecule has 2 rings (SSSR count). The fourth-order valence-electron chi connectivity index (χ4n) is 1.37. The van der Waals surface area contributed by atoms with Crippen LogP contribution in [0.2, 0.25) is 0 Å². The summed E-state index contributed by atoms with van der Waals surface area (Å²) in [6.45, 7) is 2.16. The average molecular weight is 235 g/mol. The van der Waals surface area contributed by atoms with Crippen LogP contribution in [0.25, 0.3) is 0 Å². The molecule has 7 nitrogen and oxygen atoms in total. The SMILES string of the molecule is Cc1nc(CCNC(=O)c2cc(N)c[nH]2)no1. The number of nitrogen functional groups attached to an aromatic ring is 1. The number of rotatable bonds is 4. The first-order chi connectivity index (χ1) is 8.15. The highest BCUT2D eigenvalue weighted by Crippen LogP contribution is 2.03. The summed E-state index contributed by atoms with van der Waals surface area (Å²) in [7, 11) is 0. The molecule has 0 spiro atoms. The van der Waals surface area contributed by atoms with Crippen molar-refractivity contribution in [2.24, 2.45) is 0 Å². The van der Waals surface area contributed by atoms with Crippen molar-refractivity contribution in [1.29, 1.82) is 0 Å².